The van der Waals surface area contributed by atoms with E-state index in [0.717, 1.165) is 6.42 Å². The fourth-order valence-electron chi connectivity index (χ4n) is 2.51. The van der Waals surface area contributed by atoms with Crippen LogP contribution in [0, 0.1) is 0 Å². The third-order valence-electron chi connectivity index (χ3n) is 4.42. The molecule has 2 nitrogen and oxygen atoms in total. The van der Waals surface area contributed by atoms with Crippen molar-refractivity contribution in [3.05, 3.63) is 23.3 Å². The van der Waals surface area contributed by atoms with Crippen LogP contribution in [-0.4, -0.2) is 18.0 Å². The van der Waals surface area contributed by atoms with Crippen molar-refractivity contribution >= 4 is 5.78 Å². The van der Waals surface area contributed by atoms with Gasteiger partial charge in [0.25, 0.3) is 0 Å². The van der Waals surface area contributed by atoms with Gasteiger partial charge in [-0.1, -0.05) is 51.2 Å². The highest BCUT2D eigenvalue weighted by atomic mass is 16.5. The van der Waals surface area contributed by atoms with Gasteiger partial charge in [-0.15, -0.1) is 0 Å². The van der Waals surface area contributed by atoms with Gasteiger partial charge in [-0.3, -0.25) is 4.79 Å². The number of carbonyl (C=O) groups is 1. The van der Waals surface area contributed by atoms with Crippen LogP contribution in [0.2, 0.25) is 0 Å². The van der Waals surface area contributed by atoms with E-state index < -0.39 is 0 Å². The van der Waals surface area contributed by atoms with Crippen LogP contribution in [-0.2, 0) is 9.53 Å². The van der Waals surface area contributed by atoms with E-state index in [0.29, 0.717) is 6.42 Å². The number of hydrogen-bond donors (Lipinski definition) is 0. The first-order valence-corrected chi connectivity index (χ1v) is 8.02. The number of rotatable bonds is 10. The molecule has 2 heteroatoms. The van der Waals surface area contributed by atoms with Gasteiger partial charge < -0.3 is 4.74 Å². The topological polar surface area (TPSA) is 26.3 Å². The van der Waals surface area contributed by atoms with Gasteiger partial charge in [-0.2, -0.15) is 0 Å². The van der Waals surface area contributed by atoms with E-state index in [9.17, 15) is 4.79 Å². The molecule has 0 spiro atoms. The zero-order valence-electron chi connectivity index (χ0n) is 13.6. The van der Waals surface area contributed by atoms with E-state index in [1.54, 1.807) is 0 Å². The third kappa shape index (κ3) is 4.90. The Bertz CT molecular complexity index is 359. The second kappa shape index (κ2) is 8.41. The van der Waals surface area contributed by atoms with Gasteiger partial charge in [-0.25, -0.2) is 0 Å². The lowest BCUT2D eigenvalue weighted by Gasteiger charge is -2.28. The Labute approximate surface area is 124 Å². The number of allylic oxidation sites excluding steroid dienone is 2. The van der Waals surface area contributed by atoms with Crippen LogP contribution in [0.4, 0.5) is 0 Å². The predicted octanol–water partition coefficient (Wildman–Crippen LogP) is 4.99. The number of ketones is 1. The van der Waals surface area contributed by atoms with Crippen LogP contribution in [0.5, 0.6) is 0 Å². The summed E-state index contributed by atoms with van der Waals surface area (Å²) in [6.45, 7) is 8.63. The predicted molar refractivity (Wildman–Crippen MR) is 84.9 cm³/mol. The van der Waals surface area contributed by atoms with Crippen LogP contribution in [0.3, 0.4) is 0 Å². The Morgan fingerprint density at radius 2 is 1.60 bits per heavy atom. The molecule has 0 saturated carbocycles. The molecule has 20 heavy (non-hydrogen) atoms. The lowest BCUT2D eigenvalue weighted by Crippen LogP contribution is -2.32. The summed E-state index contributed by atoms with van der Waals surface area (Å²) in [6, 6.07) is 0. The largest absolute Gasteiger partial charge is 0.359 e. The van der Waals surface area contributed by atoms with E-state index in [1.807, 2.05) is 0 Å². The van der Waals surface area contributed by atoms with Crippen molar-refractivity contribution < 1.29 is 9.53 Å². The minimum atomic E-state index is -0.364. The van der Waals surface area contributed by atoms with Gasteiger partial charge in [0.1, 0.15) is 12.2 Å². The Morgan fingerprint density at radius 3 is 2.20 bits per heavy atom. The van der Waals surface area contributed by atoms with Crippen molar-refractivity contribution in [2.75, 3.05) is 6.61 Å². The van der Waals surface area contributed by atoms with Crippen LogP contribution in [0.25, 0.3) is 0 Å². The SMILES string of the molecule is CCCCCCCCC(=O)COC1(C)C(C)=CC=C1C. The monoisotopic (exact) mass is 278 g/mol. The molecule has 0 aromatic heterocycles. The number of carbonyl (C=O) groups excluding carboxylic acids is 1. The maximum atomic E-state index is 11.9. The number of ether oxygens (including phenoxy) is 1. The molecule has 0 unspecified atom stereocenters. The first-order chi connectivity index (χ1) is 9.50. The summed E-state index contributed by atoms with van der Waals surface area (Å²) >= 11 is 0. The van der Waals surface area contributed by atoms with Gasteiger partial charge in [0.05, 0.1) is 0 Å². The van der Waals surface area contributed by atoms with Gasteiger partial charge in [0, 0.05) is 6.42 Å². The lowest BCUT2D eigenvalue weighted by molar-refractivity contribution is -0.126. The molecule has 0 amide bonds. The standard InChI is InChI=1S/C18H30O2/c1-5-6-7-8-9-10-11-17(19)14-20-18(4)15(2)12-13-16(18)3/h12-13H,5-11,14H2,1-4H3. The Hall–Kier alpha value is -0.890. The molecule has 0 bridgehead atoms. The minimum absolute atomic E-state index is 0.231. The summed E-state index contributed by atoms with van der Waals surface area (Å²) in [7, 11) is 0. The van der Waals surface area contributed by atoms with E-state index in [2.05, 4.69) is 39.8 Å². The van der Waals surface area contributed by atoms with E-state index >= 15 is 0 Å². The Morgan fingerprint density at radius 1 is 1.05 bits per heavy atom. The molecule has 0 heterocycles. The van der Waals surface area contributed by atoms with Gasteiger partial charge in [-0.05, 0) is 38.3 Å². The average Bonchev–Trinajstić information content (AvgIpc) is 2.68. The first kappa shape index (κ1) is 17.2. The second-order valence-corrected chi connectivity index (χ2v) is 6.08. The fourth-order valence-corrected chi connectivity index (χ4v) is 2.51. The summed E-state index contributed by atoms with van der Waals surface area (Å²) in [4.78, 5) is 11.9. The average molecular weight is 278 g/mol. The number of Topliss-reactive ketones (excluding diaryl/α,β-unsaturated/α-hetero) is 1. The van der Waals surface area contributed by atoms with Crippen LogP contribution < -0.4 is 0 Å². The van der Waals surface area contributed by atoms with Crippen LogP contribution in [0.1, 0.15) is 72.6 Å². The number of unbranched alkanes of at least 4 members (excludes halogenated alkanes) is 5. The Kier molecular flexibility index (Phi) is 7.22. The quantitative estimate of drug-likeness (QED) is 0.526. The molecule has 1 rings (SSSR count). The molecule has 0 aromatic carbocycles. The molecule has 0 N–H and O–H groups in total. The summed E-state index contributed by atoms with van der Waals surface area (Å²) < 4.78 is 5.89. The van der Waals surface area contributed by atoms with Crippen molar-refractivity contribution in [3.63, 3.8) is 0 Å². The molecule has 1 aliphatic rings. The van der Waals surface area contributed by atoms with E-state index in [1.165, 1.54) is 43.3 Å². The van der Waals surface area contributed by atoms with Crippen molar-refractivity contribution in [3.8, 4) is 0 Å². The van der Waals surface area contributed by atoms with E-state index in [4.69, 9.17) is 4.74 Å². The van der Waals surface area contributed by atoms with Crippen molar-refractivity contribution in [1.29, 1.82) is 0 Å². The maximum Gasteiger partial charge on any atom is 0.158 e. The molecule has 1 aliphatic carbocycles. The number of hydrogen-bond acceptors (Lipinski definition) is 2. The fraction of sp³-hybridized carbons (Fsp3) is 0.722. The molecule has 114 valence electrons. The zero-order chi connectivity index (χ0) is 15.0. The molecule has 0 atom stereocenters. The Balaban J connectivity index is 2.17. The highest BCUT2D eigenvalue weighted by Gasteiger charge is 2.32. The molecular weight excluding hydrogens is 248 g/mol. The molecule has 0 aliphatic heterocycles. The molecular formula is C18H30O2. The summed E-state index contributed by atoms with van der Waals surface area (Å²) in [5.41, 5.74) is 2.00. The normalized spacial score (nSPS) is 17.0. The molecule has 0 aromatic rings. The summed E-state index contributed by atoms with van der Waals surface area (Å²) in [5, 5.41) is 0. The van der Waals surface area contributed by atoms with Gasteiger partial charge in [0.2, 0.25) is 0 Å². The van der Waals surface area contributed by atoms with Gasteiger partial charge in [0.15, 0.2) is 5.78 Å². The minimum Gasteiger partial charge on any atom is -0.359 e. The zero-order valence-corrected chi connectivity index (χ0v) is 13.6. The second-order valence-electron chi connectivity index (χ2n) is 6.08. The van der Waals surface area contributed by atoms with Crippen molar-refractivity contribution in [2.45, 2.75) is 78.2 Å². The van der Waals surface area contributed by atoms with Gasteiger partial charge >= 0.3 is 0 Å². The lowest BCUT2D eigenvalue weighted by atomic mass is 9.94. The van der Waals surface area contributed by atoms with Crippen molar-refractivity contribution in [1.82, 2.24) is 0 Å². The summed E-state index contributed by atoms with van der Waals surface area (Å²) in [5.74, 6) is 0.231. The summed E-state index contributed by atoms with van der Waals surface area (Å²) in [6.07, 6.45) is 12.1. The highest BCUT2D eigenvalue weighted by molar-refractivity contribution is 5.79. The molecule has 0 saturated heterocycles. The molecule has 0 fully saturated rings. The van der Waals surface area contributed by atoms with Crippen LogP contribution >= 0.6 is 0 Å². The molecule has 0 radical (unpaired) electrons. The smallest absolute Gasteiger partial charge is 0.158 e. The van der Waals surface area contributed by atoms with E-state index in [-0.39, 0.29) is 18.0 Å². The van der Waals surface area contributed by atoms with Crippen LogP contribution in [0.15, 0.2) is 23.3 Å². The first-order valence-electron chi connectivity index (χ1n) is 8.02. The third-order valence-corrected chi connectivity index (χ3v) is 4.42. The highest BCUT2D eigenvalue weighted by Crippen LogP contribution is 2.34. The maximum absolute atomic E-state index is 11.9. The van der Waals surface area contributed by atoms with Crippen molar-refractivity contribution in [2.24, 2.45) is 0 Å².